The average molecular weight is 369 g/mol. The van der Waals surface area contributed by atoms with Gasteiger partial charge in [0.05, 0.1) is 0 Å². The van der Waals surface area contributed by atoms with Gasteiger partial charge in [-0.2, -0.15) is 0 Å². The van der Waals surface area contributed by atoms with E-state index < -0.39 is 0 Å². The molecule has 0 aromatic heterocycles. The van der Waals surface area contributed by atoms with Crippen LogP contribution < -0.4 is 5.32 Å². The predicted molar refractivity (Wildman–Crippen MR) is 85.5 cm³/mol. The number of hydrogen-bond acceptors (Lipinski definition) is 1. The van der Waals surface area contributed by atoms with Crippen molar-refractivity contribution in [3.8, 4) is 0 Å². The molecule has 0 saturated carbocycles. The third-order valence-electron chi connectivity index (χ3n) is 3.24. The molecule has 1 nitrogen and oxygen atoms in total. The summed E-state index contributed by atoms with van der Waals surface area (Å²) in [5, 5.41) is 3.53. The fraction of sp³-hybridized carbons (Fsp3) is 0.250. The highest BCUT2D eigenvalue weighted by Gasteiger charge is 2.11. The van der Waals surface area contributed by atoms with Gasteiger partial charge < -0.3 is 5.32 Å². The van der Waals surface area contributed by atoms with Crippen LogP contribution in [0.5, 0.6) is 0 Å². The van der Waals surface area contributed by atoms with E-state index in [0.29, 0.717) is 0 Å². The first-order chi connectivity index (χ1) is 9.06. The van der Waals surface area contributed by atoms with Crippen molar-refractivity contribution >= 4 is 22.6 Å². The summed E-state index contributed by atoms with van der Waals surface area (Å²) in [6.07, 6.45) is 0. The molecule has 0 aliphatic heterocycles. The van der Waals surface area contributed by atoms with Crippen LogP contribution in [0.1, 0.15) is 37.1 Å². The standard InChI is InChI=1S/C16H17FIN/c1-11(13-3-7-15(17)8-4-13)19-12(2)14-5-9-16(18)10-6-14/h3-12,19H,1-2H3/t11-,12?/m0/s1. The van der Waals surface area contributed by atoms with Crippen LogP contribution in [0.25, 0.3) is 0 Å². The minimum atomic E-state index is -0.193. The van der Waals surface area contributed by atoms with E-state index in [2.05, 4.69) is 66.0 Å². The Bertz CT molecular complexity index is 472. The molecule has 0 spiro atoms. The zero-order chi connectivity index (χ0) is 13.8. The van der Waals surface area contributed by atoms with Crippen LogP contribution in [0.15, 0.2) is 48.5 Å². The Balaban J connectivity index is 2.03. The second kappa shape index (κ2) is 6.48. The van der Waals surface area contributed by atoms with E-state index in [-0.39, 0.29) is 17.9 Å². The van der Waals surface area contributed by atoms with E-state index in [1.54, 1.807) is 0 Å². The lowest BCUT2D eigenvalue weighted by molar-refractivity contribution is 0.494. The van der Waals surface area contributed by atoms with Crippen LogP contribution in [0.4, 0.5) is 4.39 Å². The SMILES string of the molecule is CC(N[C@@H](C)c1ccc(F)cc1)c1ccc(I)cc1. The number of halogens is 2. The average Bonchev–Trinajstić information content (AvgIpc) is 2.40. The van der Waals surface area contributed by atoms with Gasteiger partial charge in [-0.1, -0.05) is 24.3 Å². The second-order valence-corrected chi connectivity index (χ2v) is 5.96. The van der Waals surface area contributed by atoms with Crippen LogP contribution in [-0.2, 0) is 0 Å². The molecule has 19 heavy (non-hydrogen) atoms. The van der Waals surface area contributed by atoms with Crippen LogP contribution in [0.2, 0.25) is 0 Å². The maximum atomic E-state index is 12.9. The van der Waals surface area contributed by atoms with Crippen molar-refractivity contribution in [1.29, 1.82) is 0 Å². The van der Waals surface area contributed by atoms with Crippen molar-refractivity contribution in [2.75, 3.05) is 0 Å². The molecule has 2 aromatic rings. The molecule has 0 amide bonds. The van der Waals surface area contributed by atoms with E-state index in [1.807, 2.05) is 12.1 Å². The molecule has 0 aliphatic rings. The summed E-state index contributed by atoms with van der Waals surface area (Å²) in [6, 6.07) is 15.6. The lowest BCUT2D eigenvalue weighted by atomic mass is 10.0. The van der Waals surface area contributed by atoms with Gasteiger partial charge in [-0.3, -0.25) is 0 Å². The summed E-state index contributed by atoms with van der Waals surface area (Å²) >= 11 is 2.30. The molecule has 0 bridgehead atoms. The molecule has 1 N–H and O–H groups in total. The molecule has 3 heteroatoms. The fourth-order valence-corrected chi connectivity index (χ4v) is 2.43. The normalized spacial score (nSPS) is 14.1. The molecular weight excluding hydrogens is 352 g/mol. The fourth-order valence-electron chi connectivity index (χ4n) is 2.07. The number of benzene rings is 2. The van der Waals surface area contributed by atoms with Crippen molar-refractivity contribution in [2.24, 2.45) is 0 Å². The maximum Gasteiger partial charge on any atom is 0.123 e. The minimum Gasteiger partial charge on any atom is -0.304 e. The first-order valence-corrected chi connectivity index (χ1v) is 7.41. The minimum absolute atomic E-state index is 0.190. The monoisotopic (exact) mass is 369 g/mol. The van der Waals surface area contributed by atoms with E-state index in [0.717, 1.165) is 5.56 Å². The molecule has 0 saturated heterocycles. The second-order valence-electron chi connectivity index (χ2n) is 4.71. The smallest absolute Gasteiger partial charge is 0.123 e. The highest BCUT2D eigenvalue weighted by Crippen LogP contribution is 2.20. The Kier molecular flexibility index (Phi) is 4.93. The first kappa shape index (κ1) is 14.5. The van der Waals surface area contributed by atoms with Gasteiger partial charge in [-0.05, 0) is 71.8 Å². The Hall–Kier alpha value is -0.940. The van der Waals surface area contributed by atoms with Crippen molar-refractivity contribution < 1.29 is 4.39 Å². The van der Waals surface area contributed by atoms with Crippen LogP contribution in [-0.4, -0.2) is 0 Å². The maximum absolute atomic E-state index is 12.9. The molecule has 0 aliphatic carbocycles. The molecular formula is C16H17FIN. The van der Waals surface area contributed by atoms with E-state index in [4.69, 9.17) is 0 Å². The molecule has 0 fully saturated rings. The van der Waals surface area contributed by atoms with Gasteiger partial charge in [-0.25, -0.2) is 4.39 Å². The molecule has 0 radical (unpaired) electrons. The Morgan fingerprint density at radius 3 is 1.74 bits per heavy atom. The van der Waals surface area contributed by atoms with Gasteiger partial charge in [-0.15, -0.1) is 0 Å². The third kappa shape index (κ3) is 4.01. The summed E-state index contributed by atoms with van der Waals surface area (Å²) in [7, 11) is 0. The van der Waals surface area contributed by atoms with Gasteiger partial charge in [0, 0.05) is 15.7 Å². The zero-order valence-electron chi connectivity index (χ0n) is 11.0. The summed E-state index contributed by atoms with van der Waals surface area (Å²) in [4.78, 5) is 0. The lowest BCUT2D eigenvalue weighted by Crippen LogP contribution is -2.22. The topological polar surface area (TPSA) is 12.0 Å². The number of nitrogens with one attached hydrogen (secondary N) is 1. The van der Waals surface area contributed by atoms with Crippen LogP contribution in [0, 0.1) is 9.39 Å². The summed E-state index contributed by atoms with van der Waals surface area (Å²) < 4.78 is 14.1. The Labute approximate surface area is 127 Å². The van der Waals surface area contributed by atoms with Gasteiger partial charge in [0.25, 0.3) is 0 Å². The van der Waals surface area contributed by atoms with Gasteiger partial charge in [0.2, 0.25) is 0 Å². The third-order valence-corrected chi connectivity index (χ3v) is 3.96. The zero-order valence-corrected chi connectivity index (χ0v) is 13.2. The van der Waals surface area contributed by atoms with Crippen LogP contribution in [0.3, 0.4) is 0 Å². The first-order valence-electron chi connectivity index (χ1n) is 6.33. The Morgan fingerprint density at radius 2 is 1.26 bits per heavy atom. The highest BCUT2D eigenvalue weighted by molar-refractivity contribution is 14.1. The highest BCUT2D eigenvalue weighted by atomic mass is 127. The summed E-state index contributed by atoms with van der Waals surface area (Å²) in [6.45, 7) is 4.23. The van der Waals surface area contributed by atoms with Gasteiger partial charge >= 0.3 is 0 Å². The van der Waals surface area contributed by atoms with Crippen molar-refractivity contribution in [3.05, 3.63) is 69.0 Å². The van der Waals surface area contributed by atoms with Crippen LogP contribution >= 0.6 is 22.6 Å². The molecule has 2 atom stereocenters. The summed E-state index contributed by atoms with van der Waals surface area (Å²) in [5.41, 5.74) is 2.35. The van der Waals surface area contributed by atoms with Gasteiger partial charge in [0.1, 0.15) is 5.82 Å². The largest absolute Gasteiger partial charge is 0.304 e. The van der Waals surface area contributed by atoms with E-state index in [9.17, 15) is 4.39 Å². The molecule has 100 valence electrons. The van der Waals surface area contributed by atoms with Crippen molar-refractivity contribution in [2.45, 2.75) is 25.9 Å². The lowest BCUT2D eigenvalue weighted by Gasteiger charge is -2.21. The predicted octanol–water partition coefficient (Wildman–Crippen LogP) is 4.84. The Morgan fingerprint density at radius 1 is 0.842 bits per heavy atom. The van der Waals surface area contributed by atoms with Crippen molar-refractivity contribution in [1.82, 2.24) is 5.32 Å². The van der Waals surface area contributed by atoms with Crippen molar-refractivity contribution in [3.63, 3.8) is 0 Å². The number of rotatable bonds is 4. The van der Waals surface area contributed by atoms with E-state index >= 15 is 0 Å². The van der Waals surface area contributed by atoms with E-state index in [1.165, 1.54) is 21.3 Å². The number of hydrogen-bond donors (Lipinski definition) is 1. The molecule has 0 heterocycles. The summed E-state index contributed by atoms with van der Waals surface area (Å²) in [5.74, 6) is -0.193. The van der Waals surface area contributed by atoms with Gasteiger partial charge in [0.15, 0.2) is 0 Å². The molecule has 2 rings (SSSR count). The quantitative estimate of drug-likeness (QED) is 0.761. The molecule has 1 unspecified atom stereocenters. The molecule has 2 aromatic carbocycles.